The van der Waals surface area contributed by atoms with Gasteiger partial charge in [0.2, 0.25) is 0 Å². The zero-order valence-corrected chi connectivity index (χ0v) is 14.2. The quantitative estimate of drug-likeness (QED) is 0.755. The van der Waals surface area contributed by atoms with E-state index in [0.29, 0.717) is 12.2 Å². The van der Waals surface area contributed by atoms with Crippen molar-refractivity contribution in [3.05, 3.63) is 46.2 Å². The summed E-state index contributed by atoms with van der Waals surface area (Å²) in [5.74, 6) is -0.164. The van der Waals surface area contributed by atoms with Gasteiger partial charge in [0.05, 0.1) is 16.3 Å². The minimum absolute atomic E-state index is 0.164. The van der Waals surface area contributed by atoms with Crippen LogP contribution in [0.4, 0.5) is 0 Å². The fraction of sp³-hybridized carbons (Fsp3) is 0.312. The molecule has 3 rings (SSSR count). The molecule has 0 saturated carbocycles. The van der Waals surface area contributed by atoms with Crippen molar-refractivity contribution in [3.63, 3.8) is 0 Å². The molecule has 3 heterocycles. The van der Waals surface area contributed by atoms with Crippen molar-refractivity contribution in [2.75, 3.05) is 6.54 Å². The number of nitrogens with zero attached hydrogens (tertiary/aromatic N) is 3. The lowest BCUT2D eigenvalue weighted by molar-refractivity contribution is 0.0949. The first kappa shape index (κ1) is 15.5. The van der Waals surface area contributed by atoms with E-state index in [4.69, 9.17) is 0 Å². The van der Waals surface area contributed by atoms with E-state index in [-0.39, 0.29) is 5.91 Å². The maximum atomic E-state index is 12.2. The number of amides is 1. The van der Waals surface area contributed by atoms with E-state index in [1.807, 2.05) is 43.1 Å². The van der Waals surface area contributed by atoms with Gasteiger partial charge in [-0.25, -0.2) is 0 Å². The van der Waals surface area contributed by atoms with E-state index in [1.165, 1.54) is 5.56 Å². The Labute approximate surface area is 138 Å². The van der Waals surface area contributed by atoms with E-state index in [1.54, 1.807) is 17.4 Å². The molecular weight excluding hydrogens is 310 g/mol. The first-order chi connectivity index (χ1) is 11.1. The van der Waals surface area contributed by atoms with Gasteiger partial charge >= 0.3 is 0 Å². The van der Waals surface area contributed by atoms with Crippen LogP contribution < -0.4 is 5.32 Å². The second-order valence-corrected chi connectivity index (χ2v) is 6.37. The summed E-state index contributed by atoms with van der Waals surface area (Å²) in [6.45, 7) is 4.59. The summed E-state index contributed by atoms with van der Waals surface area (Å²) < 4.78 is 1.87. The van der Waals surface area contributed by atoms with Gasteiger partial charge in [-0.05, 0) is 43.3 Å². The largest absolute Gasteiger partial charge is 0.350 e. The molecular formula is C16H19N5OS. The second-order valence-electron chi connectivity index (χ2n) is 5.42. The smallest absolute Gasteiger partial charge is 0.271 e. The summed E-state index contributed by atoms with van der Waals surface area (Å²) in [5, 5.41) is 16.3. The number of carbonyl (C=O) groups is 1. The lowest BCUT2D eigenvalue weighted by Gasteiger charge is -2.04. The van der Waals surface area contributed by atoms with Crippen LogP contribution in [-0.2, 0) is 13.5 Å². The first-order valence-corrected chi connectivity index (χ1v) is 8.31. The monoisotopic (exact) mass is 329 g/mol. The second kappa shape index (κ2) is 6.37. The molecule has 3 aromatic rings. The first-order valence-electron chi connectivity index (χ1n) is 7.43. The van der Waals surface area contributed by atoms with Crippen LogP contribution >= 0.6 is 11.3 Å². The fourth-order valence-corrected chi connectivity index (χ4v) is 3.26. The van der Waals surface area contributed by atoms with Crippen LogP contribution in [0.2, 0.25) is 0 Å². The zero-order chi connectivity index (χ0) is 16.4. The number of aromatic nitrogens is 4. The summed E-state index contributed by atoms with van der Waals surface area (Å²) in [6.07, 6.45) is 0.763. The van der Waals surface area contributed by atoms with Crippen molar-refractivity contribution in [1.82, 2.24) is 25.3 Å². The van der Waals surface area contributed by atoms with Gasteiger partial charge in [-0.3, -0.25) is 14.6 Å². The third kappa shape index (κ3) is 3.19. The average molecular weight is 329 g/mol. The van der Waals surface area contributed by atoms with Crippen molar-refractivity contribution in [1.29, 1.82) is 0 Å². The van der Waals surface area contributed by atoms with E-state index >= 15 is 0 Å². The molecule has 0 radical (unpaired) electrons. The maximum absolute atomic E-state index is 12.2. The Hall–Kier alpha value is -2.41. The molecule has 0 atom stereocenters. The van der Waals surface area contributed by atoms with Gasteiger partial charge in [0.1, 0.15) is 0 Å². The molecule has 23 heavy (non-hydrogen) atoms. The number of H-pyrrole nitrogens is 1. The molecule has 0 aromatic carbocycles. The number of rotatable bonds is 5. The molecule has 0 fully saturated rings. The van der Waals surface area contributed by atoms with Gasteiger partial charge in [0.15, 0.2) is 5.69 Å². The Morgan fingerprint density at radius 2 is 2.26 bits per heavy atom. The SMILES string of the molecule is Cc1nn(C)c(C)c1CCNC(=O)c1cc(-c2cccs2)[nH]n1. The molecule has 0 aliphatic heterocycles. The number of thiophene rings is 1. The number of hydrogen-bond acceptors (Lipinski definition) is 4. The van der Waals surface area contributed by atoms with Crippen molar-refractivity contribution in [2.24, 2.45) is 7.05 Å². The molecule has 0 unspecified atom stereocenters. The van der Waals surface area contributed by atoms with Crippen LogP contribution in [0.3, 0.4) is 0 Å². The van der Waals surface area contributed by atoms with Crippen LogP contribution in [0, 0.1) is 13.8 Å². The topological polar surface area (TPSA) is 75.6 Å². The summed E-state index contributed by atoms with van der Waals surface area (Å²) in [6, 6.07) is 5.74. The summed E-state index contributed by atoms with van der Waals surface area (Å²) in [7, 11) is 1.93. The van der Waals surface area contributed by atoms with Crippen LogP contribution in [0.15, 0.2) is 23.6 Å². The minimum Gasteiger partial charge on any atom is -0.350 e. The van der Waals surface area contributed by atoms with Crippen molar-refractivity contribution in [2.45, 2.75) is 20.3 Å². The lowest BCUT2D eigenvalue weighted by atomic mass is 10.1. The standard InChI is InChI=1S/C16H19N5OS/c1-10-12(11(2)21(3)20-10)6-7-17-16(22)14-9-13(18-19-14)15-5-4-8-23-15/h4-5,8-9H,6-7H2,1-3H3,(H,17,22)(H,18,19). The Kier molecular flexibility index (Phi) is 4.29. The molecule has 7 heteroatoms. The van der Waals surface area contributed by atoms with E-state index in [2.05, 4.69) is 20.6 Å². The number of hydrogen-bond donors (Lipinski definition) is 2. The lowest BCUT2D eigenvalue weighted by Crippen LogP contribution is -2.26. The maximum Gasteiger partial charge on any atom is 0.271 e. The highest BCUT2D eigenvalue weighted by atomic mass is 32.1. The molecule has 120 valence electrons. The van der Waals surface area contributed by atoms with Gasteiger partial charge in [-0.2, -0.15) is 10.2 Å². The highest BCUT2D eigenvalue weighted by molar-refractivity contribution is 7.13. The van der Waals surface area contributed by atoms with Gasteiger partial charge in [-0.1, -0.05) is 6.07 Å². The van der Waals surface area contributed by atoms with Crippen LogP contribution in [-0.4, -0.2) is 32.4 Å². The normalized spacial score (nSPS) is 10.9. The number of carbonyl (C=O) groups excluding carboxylic acids is 1. The number of nitrogens with one attached hydrogen (secondary N) is 2. The van der Waals surface area contributed by atoms with E-state index < -0.39 is 0 Å². The molecule has 0 aliphatic rings. The molecule has 0 saturated heterocycles. The highest BCUT2D eigenvalue weighted by Gasteiger charge is 2.13. The van der Waals surface area contributed by atoms with Crippen molar-refractivity contribution >= 4 is 17.2 Å². The van der Waals surface area contributed by atoms with Gasteiger partial charge in [0, 0.05) is 19.3 Å². The third-order valence-electron chi connectivity index (χ3n) is 3.92. The molecule has 3 aromatic heterocycles. The predicted octanol–water partition coefficient (Wildman–Crippen LogP) is 2.46. The minimum atomic E-state index is -0.164. The van der Waals surface area contributed by atoms with Gasteiger partial charge < -0.3 is 5.32 Å². The Morgan fingerprint density at radius 1 is 1.43 bits per heavy atom. The van der Waals surface area contributed by atoms with E-state index in [9.17, 15) is 4.79 Å². The number of aryl methyl sites for hydroxylation is 2. The zero-order valence-electron chi connectivity index (χ0n) is 13.4. The Balaban J connectivity index is 1.59. The summed E-state index contributed by atoms with van der Waals surface area (Å²) in [4.78, 5) is 13.2. The molecule has 2 N–H and O–H groups in total. The summed E-state index contributed by atoms with van der Waals surface area (Å²) >= 11 is 1.61. The Bertz CT molecular complexity index is 816. The molecule has 0 bridgehead atoms. The third-order valence-corrected chi connectivity index (χ3v) is 4.82. The molecule has 0 aliphatic carbocycles. The average Bonchev–Trinajstić information content (AvgIpc) is 3.23. The van der Waals surface area contributed by atoms with Gasteiger partial charge in [0.25, 0.3) is 5.91 Å². The highest BCUT2D eigenvalue weighted by Crippen LogP contribution is 2.22. The van der Waals surface area contributed by atoms with Crippen LogP contribution in [0.1, 0.15) is 27.4 Å². The van der Waals surface area contributed by atoms with E-state index in [0.717, 1.165) is 28.4 Å². The van der Waals surface area contributed by atoms with Crippen LogP contribution in [0.5, 0.6) is 0 Å². The molecule has 0 spiro atoms. The van der Waals surface area contributed by atoms with Crippen LogP contribution in [0.25, 0.3) is 10.6 Å². The number of aromatic amines is 1. The van der Waals surface area contributed by atoms with Crippen molar-refractivity contribution in [3.8, 4) is 10.6 Å². The van der Waals surface area contributed by atoms with Crippen molar-refractivity contribution < 1.29 is 4.79 Å². The molecule has 1 amide bonds. The fourth-order valence-electron chi connectivity index (χ4n) is 2.57. The summed E-state index contributed by atoms with van der Waals surface area (Å²) in [5.41, 5.74) is 4.61. The predicted molar refractivity (Wildman–Crippen MR) is 90.6 cm³/mol. The van der Waals surface area contributed by atoms with Gasteiger partial charge in [-0.15, -0.1) is 11.3 Å². The molecule has 6 nitrogen and oxygen atoms in total. The Morgan fingerprint density at radius 3 is 2.91 bits per heavy atom.